The van der Waals surface area contributed by atoms with E-state index >= 15 is 0 Å². The number of aromatic nitrogens is 2. The van der Waals surface area contributed by atoms with Gasteiger partial charge in [0.25, 0.3) is 0 Å². The number of nitrogens with zero attached hydrogens (tertiary/aromatic N) is 2. The Balaban J connectivity index is 0.00000196. The Kier molecular flexibility index (Phi) is 5.43. The topological polar surface area (TPSA) is 8.81 Å². The molecule has 0 atom stereocenters. The lowest BCUT2D eigenvalue weighted by molar-refractivity contribution is -0.663. The number of hydrogen-bond acceptors (Lipinski definition) is 0. The van der Waals surface area contributed by atoms with Crippen LogP contribution in [0.2, 0.25) is 0 Å². The molecule has 0 saturated heterocycles. The van der Waals surface area contributed by atoms with E-state index in [0.717, 1.165) is 13.1 Å². The highest BCUT2D eigenvalue weighted by atomic mass is 35.5. The monoisotopic (exact) mass is 362 g/mol. The summed E-state index contributed by atoms with van der Waals surface area (Å²) in [6.07, 6.45) is 2.25. The van der Waals surface area contributed by atoms with Gasteiger partial charge in [-0.15, -0.1) is 0 Å². The number of imidazole rings is 1. The van der Waals surface area contributed by atoms with Crippen molar-refractivity contribution in [2.24, 2.45) is 0 Å². The quantitative estimate of drug-likeness (QED) is 0.488. The molecule has 0 unspecified atom stereocenters. The fraction of sp³-hybridized carbons (Fsp3) is 0.174. The maximum atomic E-state index is 2.35. The average molecular weight is 363 g/mol. The molecule has 0 N–H and O–H groups in total. The van der Waals surface area contributed by atoms with E-state index in [1.54, 1.807) is 0 Å². The van der Waals surface area contributed by atoms with Crippen LogP contribution in [0.25, 0.3) is 11.0 Å². The first-order chi connectivity index (χ1) is 12.2. The minimum absolute atomic E-state index is 0. The standard InChI is InChI=1S/C23H23N2.ClH/c1-18-11-13-20(14-12-18)15-24-17-25(23-10-6-5-9-22(23)24)16-21-8-4-3-7-19(21)2;/h3-14,17H,15-16H2,1-2H3;1H/q+1;/p-1. The van der Waals surface area contributed by atoms with Gasteiger partial charge >= 0.3 is 0 Å². The van der Waals surface area contributed by atoms with Crippen LogP contribution in [0.4, 0.5) is 0 Å². The van der Waals surface area contributed by atoms with Crippen molar-refractivity contribution in [1.82, 2.24) is 4.57 Å². The normalized spacial score (nSPS) is 10.7. The minimum Gasteiger partial charge on any atom is -1.00 e. The third kappa shape index (κ3) is 3.66. The Morgan fingerprint density at radius 3 is 2.27 bits per heavy atom. The van der Waals surface area contributed by atoms with E-state index in [-0.39, 0.29) is 12.4 Å². The van der Waals surface area contributed by atoms with Gasteiger partial charge in [-0.2, -0.15) is 0 Å². The molecule has 1 heterocycles. The molecule has 0 spiro atoms. The Morgan fingerprint density at radius 1 is 0.808 bits per heavy atom. The summed E-state index contributed by atoms with van der Waals surface area (Å²) < 4.78 is 4.70. The van der Waals surface area contributed by atoms with Crippen LogP contribution in [0.3, 0.4) is 0 Å². The molecule has 0 aliphatic carbocycles. The second-order valence-corrected chi connectivity index (χ2v) is 6.77. The Bertz CT molecular complexity index is 1020. The van der Waals surface area contributed by atoms with Gasteiger partial charge in [0, 0.05) is 0 Å². The van der Waals surface area contributed by atoms with Gasteiger partial charge in [0.2, 0.25) is 6.33 Å². The highest BCUT2D eigenvalue weighted by Gasteiger charge is 2.16. The predicted molar refractivity (Wildman–Crippen MR) is 103 cm³/mol. The summed E-state index contributed by atoms with van der Waals surface area (Å²) in [5, 5.41) is 0. The fourth-order valence-electron chi connectivity index (χ4n) is 3.36. The fourth-order valence-corrected chi connectivity index (χ4v) is 3.36. The highest BCUT2D eigenvalue weighted by Crippen LogP contribution is 2.16. The summed E-state index contributed by atoms with van der Waals surface area (Å²) in [6.45, 7) is 6.10. The summed E-state index contributed by atoms with van der Waals surface area (Å²) >= 11 is 0. The van der Waals surface area contributed by atoms with Crippen molar-refractivity contribution in [1.29, 1.82) is 0 Å². The zero-order chi connectivity index (χ0) is 17.2. The molecule has 132 valence electrons. The number of benzene rings is 3. The van der Waals surface area contributed by atoms with Crippen molar-refractivity contribution in [2.45, 2.75) is 26.9 Å². The van der Waals surface area contributed by atoms with Crippen LogP contribution in [0.1, 0.15) is 22.3 Å². The molecule has 0 bridgehead atoms. The lowest BCUT2D eigenvalue weighted by Gasteiger charge is -2.02. The van der Waals surface area contributed by atoms with E-state index in [9.17, 15) is 0 Å². The van der Waals surface area contributed by atoms with E-state index in [1.807, 2.05) is 0 Å². The van der Waals surface area contributed by atoms with E-state index < -0.39 is 0 Å². The number of halogens is 1. The van der Waals surface area contributed by atoms with Crippen LogP contribution in [-0.4, -0.2) is 4.57 Å². The van der Waals surface area contributed by atoms with Gasteiger partial charge in [-0.3, -0.25) is 0 Å². The average Bonchev–Trinajstić information content (AvgIpc) is 2.97. The van der Waals surface area contributed by atoms with Crippen LogP contribution >= 0.6 is 0 Å². The van der Waals surface area contributed by atoms with Crippen LogP contribution in [0.15, 0.2) is 79.1 Å². The molecular formula is C23H23ClN2. The molecule has 4 aromatic rings. The molecule has 0 aliphatic heterocycles. The number of fused-ring (bicyclic) bond motifs is 1. The Hall–Kier alpha value is -2.58. The molecule has 0 aliphatic rings. The van der Waals surface area contributed by atoms with Crippen LogP contribution in [0, 0.1) is 13.8 Å². The third-order valence-corrected chi connectivity index (χ3v) is 4.85. The van der Waals surface area contributed by atoms with Gasteiger partial charge in [-0.05, 0) is 42.7 Å². The van der Waals surface area contributed by atoms with E-state index in [1.165, 1.54) is 33.3 Å². The van der Waals surface area contributed by atoms with E-state index in [2.05, 4.69) is 102 Å². The van der Waals surface area contributed by atoms with Crippen LogP contribution < -0.4 is 17.0 Å². The second kappa shape index (κ2) is 7.76. The smallest absolute Gasteiger partial charge is 0.245 e. The van der Waals surface area contributed by atoms with Crippen molar-refractivity contribution in [3.63, 3.8) is 0 Å². The highest BCUT2D eigenvalue weighted by molar-refractivity contribution is 5.71. The number of rotatable bonds is 4. The van der Waals surface area contributed by atoms with Gasteiger partial charge in [0.15, 0.2) is 11.0 Å². The molecule has 4 rings (SSSR count). The summed E-state index contributed by atoms with van der Waals surface area (Å²) in [4.78, 5) is 0. The lowest BCUT2D eigenvalue weighted by Crippen LogP contribution is -3.00. The van der Waals surface area contributed by atoms with Gasteiger partial charge < -0.3 is 12.4 Å². The van der Waals surface area contributed by atoms with Crippen molar-refractivity contribution in [3.8, 4) is 0 Å². The Morgan fingerprint density at radius 2 is 1.50 bits per heavy atom. The molecule has 26 heavy (non-hydrogen) atoms. The summed E-state index contributed by atoms with van der Waals surface area (Å²) in [5.74, 6) is 0. The van der Waals surface area contributed by atoms with Crippen LogP contribution in [0.5, 0.6) is 0 Å². The number of aryl methyl sites for hydroxylation is 2. The minimum atomic E-state index is 0. The van der Waals surface area contributed by atoms with Gasteiger partial charge in [0.1, 0.15) is 13.1 Å². The molecule has 2 nitrogen and oxygen atoms in total. The summed E-state index contributed by atoms with van der Waals surface area (Å²) in [7, 11) is 0. The molecule has 0 saturated carbocycles. The van der Waals surface area contributed by atoms with Gasteiger partial charge in [-0.25, -0.2) is 9.13 Å². The zero-order valence-corrected chi connectivity index (χ0v) is 15.9. The van der Waals surface area contributed by atoms with Crippen molar-refractivity contribution < 1.29 is 17.0 Å². The maximum Gasteiger partial charge on any atom is 0.245 e. The molecule has 0 radical (unpaired) electrons. The third-order valence-electron chi connectivity index (χ3n) is 4.85. The van der Waals surface area contributed by atoms with Crippen molar-refractivity contribution >= 4 is 11.0 Å². The van der Waals surface area contributed by atoms with Gasteiger partial charge in [0.05, 0.1) is 0 Å². The first kappa shape index (κ1) is 18.2. The first-order valence-electron chi connectivity index (χ1n) is 8.78. The molecule has 3 heteroatoms. The maximum absolute atomic E-state index is 2.35. The summed E-state index contributed by atoms with van der Waals surface area (Å²) in [5.41, 5.74) is 7.88. The van der Waals surface area contributed by atoms with E-state index in [0.29, 0.717) is 0 Å². The zero-order valence-electron chi connectivity index (χ0n) is 15.2. The molecule has 0 amide bonds. The molecular weight excluding hydrogens is 340 g/mol. The molecule has 0 fully saturated rings. The van der Waals surface area contributed by atoms with Crippen molar-refractivity contribution in [3.05, 3.63) is 101 Å². The lowest BCUT2D eigenvalue weighted by atomic mass is 10.1. The number of hydrogen-bond donors (Lipinski definition) is 0. The first-order valence-corrected chi connectivity index (χ1v) is 8.78. The number of para-hydroxylation sites is 2. The van der Waals surface area contributed by atoms with Gasteiger partial charge in [-0.1, -0.05) is 66.2 Å². The SMILES string of the molecule is Cc1ccc(C[n+]2cn(Cc3ccccc3C)c3ccccc32)cc1.[Cl-]. The summed E-state index contributed by atoms with van der Waals surface area (Å²) in [6, 6.07) is 26.1. The second-order valence-electron chi connectivity index (χ2n) is 6.77. The van der Waals surface area contributed by atoms with Crippen LogP contribution in [-0.2, 0) is 13.1 Å². The Labute approximate surface area is 161 Å². The largest absolute Gasteiger partial charge is 1.00 e. The predicted octanol–water partition coefficient (Wildman–Crippen LogP) is 1.65. The molecule has 1 aromatic heterocycles. The van der Waals surface area contributed by atoms with E-state index in [4.69, 9.17) is 0 Å². The van der Waals surface area contributed by atoms with Crippen molar-refractivity contribution in [2.75, 3.05) is 0 Å². The molecule has 3 aromatic carbocycles.